The Kier molecular flexibility index (Phi) is 5.91. The highest BCUT2D eigenvalue weighted by Crippen LogP contribution is 2.40. The molecule has 5 amide bonds. The Morgan fingerprint density at radius 1 is 1.03 bits per heavy atom. The van der Waals surface area contributed by atoms with Gasteiger partial charge in [0.15, 0.2) is 5.78 Å². The molecule has 10 heteroatoms. The van der Waals surface area contributed by atoms with Crippen molar-refractivity contribution in [2.24, 2.45) is 17.1 Å². The molecule has 1 atom stereocenters. The Bertz CT molecular complexity index is 1130. The Balaban J connectivity index is 1.63. The lowest BCUT2D eigenvalue weighted by atomic mass is 9.64. The summed E-state index contributed by atoms with van der Waals surface area (Å²) >= 11 is 0. The van der Waals surface area contributed by atoms with E-state index in [1.807, 2.05) is 0 Å². The lowest BCUT2D eigenvalue weighted by Crippen LogP contribution is -2.65. The standard InChI is InChI=1S/C23H23N5O5/c24-19(30)17-6-2-1-5-16(17)18(29)23(13-26-22(33)27-21(23)32)15-7-10-28(11-8-15)20(31)14-4-3-9-25-12-14/h1-6,9,12,15H,7-8,10-11,13H2,(H2,24,30)(H2,26,27,32,33). The molecule has 0 bridgehead atoms. The number of rotatable bonds is 5. The number of hydrogen-bond donors (Lipinski definition) is 3. The van der Waals surface area contributed by atoms with Crippen LogP contribution in [0.25, 0.3) is 0 Å². The lowest BCUT2D eigenvalue weighted by Gasteiger charge is -2.44. The van der Waals surface area contributed by atoms with Crippen LogP contribution >= 0.6 is 0 Å². The summed E-state index contributed by atoms with van der Waals surface area (Å²) in [4.78, 5) is 69.1. The van der Waals surface area contributed by atoms with Crippen molar-refractivity contribution < 1.29 is 24.0 Å². The van der Waals surface area contributed by atoms with Gasteiger partial charge in [0.25, 0.3) is 5.91 Å². The van der Waals surface area contributed by atoms with Crippen LogP contribution in [0.5, 0.6) is 0 Å². The van der Waals surface area contributed by atoms with Crippen molar-refractivity contribution in [1.82, 2.24) is 20.5 Å². The molecule has 0 aliphatic carbocycles. The summed E-state index contributed by atoms with van der Waals surface area (Å²) in [5, 5.41) is 4.78. The van der Waals surface area contributed by atoms with Crippen LogP contribution in [-0.2, 0) is 4.79 Å². The predicted octanol–water partition coefficient (Wildman–Crippen LogP) is 0.741. The number of Topliss-reactive ketones (excluding diaryl/α,β-unsaturated/α-hetero) is 1. The monoisotopic (exact) mass is 449 g/mol. The van der Waals surface area contributed by atoms with E-state index in [-0.39, 0.29) is 23.6 Å². The molecule has 2 saturated heterocycles. The number of likely N-dealkylation sites (tertiary alicyclic amines) is 1. The third-order valence-corrected chi connectivity index (χ3v) is 6.39. The van der Waals surface area contributed by atoms with Gasteiger partial charge in [0, 0.05) is 43.2 Å². The Morgan fingerprint density at radius 2 is 1.73 bits per heavy atom. The molecular weight excluding hydrogens is 426 g/mol. The van der Waals surface area contributed by atoms with E-state index in [1.165, 1.54) is 18.3 Å². The maximum Gasteiger partial charge on any atom is 0.321 e. The van der Waals surface area contributed by atoms with Crippen LogP contribution in [-0.4, -0.2) is 59.1 Å². The van der Waals surface area contributed by atoms with Crippen LogP contribution in [0.4, 0.5) is 4.79 Å². The number of urea groups is 1. The van der Waals surface area contributed by atoms with E-state index in [4.69, 9.17) is 5.73 Å². The number of carbonyl (C=O) groups is 5. The first kappa shape index (κ1) is 22.1. The molecule has 1 aromatic heterocycles. The van der Waals surface area contributed by atoms with Crippen LogP contribution in [0, 0.1) is 11.3 Å². The van der Waals surface area contributed by atoms with Crippen molar-refractivity contribution in [3.8, 4) is 0 Å². The van der Waals surface area contributed by atoms with Crippen LogP contribution < -0.4 is 16.4 Å². The highest BCUT2D eigenvalue weighted by Gasteiger charge is 2.55. The molecule has 170 valence electrons. The number of carbonyl (C=O) groups excluding carboxylic acids is 5. The van der Waals surface area contributed by atoms with Gasteiger partial charge in [0.05, 0.1) is 5.56 Å². The average molecular weight is 449 g/mol. The van der Waals surface area contributed by atoms with E-state index in [0.717, 1.165) is 0 Å². The van der Waals surface area contributed by atoms with Gasteiger partial charge in [-0.05, 0) is 37.0 Å². The van der Waals surface area contributed by atoms with E-state index >= 15 is 0 Å². The number of piperidine rings is 1. The molecule has 0 spiro atoms. The van der Waals surface area contributed by atoms with Gasteiger partial charge in [-0.2, -0.15) is 0 Å². The Morgan fingerprint density at radius 3 is 2.33 bits per heavy atom. The number of nitrogens with two attached hydrogens (primary N) is 1. The second kappa shape index (κ2) is 8.81. The number of nitrogens with zero attached hydrogens (tertiary/aromatic N) is 2. The molecule has 33 heavy (non-hydrogen) atoms. The van der Waals surface area contributed by atoms with E-state index < -0.39 is 35.0 Å². The third kappa shape index (κ3) is 3.95. The van der Waals surface area contributed by atoms with Crippen LogP contribution in [0.15, 0.2) is 48.8 Å². The molecule has 4 N–H and O–H groups in total. The molecular formula is C23H23N5O5. The summed E-state index contributed by atoms with van der Waals surface area (Å²) in [5.41, 5.74) is 4.33. The maximum atomic E-state index is 13.8. The topological polar surface area (TPSA) is 152 Å². The van der Waals surface area contributed by atoms with Crippen molar-refractivity contribution in [1.29, 1.82) is 0 Å². The fourth-order valence-electron chi connectivity index (χ4n) is 4.64. The largest absolute Gasteiger partial charge is 0.366 e. The number of benzene rings is 1. The predicted molar refractivity (Wildman–Crippen MR) is 116 cm³/mol. The fourth-order valence-corrected chi connectivity index (χ4v) is 4.64. The van der Waals surface area contributed by atoms with Crippen LogP contribution in [0.2, 0.25) is 0 Å². The van der Waals surface area contributed by atoms with Crippen molar-refractivity contribution in [2.45, 2.75) is 12.8 Å². The number of imide groups is 1. The van der Waals surface area contributed by atoms with Gasteiger partial charge in [-0.3, -0.25) is 29.5 Å². The summed E-state index contributed by atoms with van der Waals surface area (Å²) in [5.74, 6) is -2.72. The van der Waals surface area contributed by atoms with Gasteiger partial charge >= 0.3 is 6.03 Å². The minimum Gasteiger partial charge on any atom is -0.366 e. The van der Waals surface area contributed by atoms with Crippen molar-refractivity contribution in [2.75, 3.05) is 19.6 Å². The van der Waals surface area contributed by atoms with Crippen LogP contribution in [0.1, 0.15) is 43.9 Å². The van der Waals surface area contributed by atoms with Crippen LogP contribution in [0.3, 0.4) is 0 Å². The number of aromatic nitrogens is 1. The average Bonchev–Trinajstić information content (AvgIpc) is 2.84. The molecule has 10 nitrogen and oxygen atoms in total. The molecule has 2 fully saturated rings. The van der Waals surface area contributed by atoms with Crippen molar-refractivity contribution >= 4 is 29.5 Å². The lowest BCUT2D eigenvalue weighted by molar-refractivity contribution is -0.131. The molecule has 3 heterocycles. The van der Waals surface area contributed by atoms with Gasteiger partial charge < -0.3 is 16.0 Å². The molecule has 2 aromatic rings. The molecule has 1 aromatic carbocycles. The smallest absolute Gasteiger partial charge is 0.321 e. The summed E-state index contributed by atoms with van der Waals surface area (Å²) in [7, 11) is 0. The van der Waals surface area contributed by atoms with Gasteiger partial charge in [0.1, 0.15) is 5.41 Å². The van der Waals surface area contributed by atoms with Gasteiger partial charge in [-0.15, -0.1) is 0 Å². The number of hydrogen-bond acceptors (Lipinski definition) is 6. The van der Waals surface area contributed by atoms with Gasteiger partial charge in [-0.1, -0.05) is 18.2 Å². The van der Waals surface area contributed by atoms with Crippen molar-refractivity contribution in [3.63, 3.8) is 0 Å². The summed E-state index contributed by atoms with van der Waals surface area (Å²) in [6.07, 6.45) is 3.79. The third-order valence-electron chi connectivity index (χ3n) is 6.39. The number of primary amides is 1. The van der Waals surface area contributed by atoms with Gasteiger partial charge in [-0.25, -0.2) is 4.79 Å². The maximum absolute atomic E-state index is 13.8. The first-order chi connectivity index (χ1) is 15.8. The Labute approximate surface area is 189 Å². The minimum atomic E-state index is -1.62. The van der Waals surface area contributed by atoms with E-state index in [0.29, 0.717) is 31.5 Å². The summed E-state index contributed by atoms with van der Waals surface area (Å²) < 4.78 is 0. The molecule has 0 radical (unpaired) electrons. The fraction of sp³-hybridized carbons (Fsp3) is 0.304. The zero-order chi connectivity index (χ0) is 23.6. The molecule has 4 rings (SSSR count). The number of ketones is 1. The first-order valence-corrected chi connectivity index (χ1v) is 10.6. The zero-order valence-corrected chi connectivity index (χ0v) is 17.7. The van der Waals surface area contributed by atoms with E-state index in [2.05, 4.69) is 15.6 Å². The molecule has 2 aliphatic heterocycles. The highest BCUT2D eigenvalue weighted by atomic mass is 16.2. The van der Waals surface area contributed by atoms with Crippen molar-refractivity contribution in [3.05, 3.63) is 65.5 Å². The summed E-state index contributed by atoms with van der Waals surface area (Å²) in [6.45, 7) is 0.447. The van der Waals surface area contributed by atoms with E-state index in [1.54, 1.807) is 35.4 Å². The second-order valence-corrected chi connectivity index (χ2v) is 8.16. The number of amides is 5. The Hall–Kier alpha value is -4.08. The second-order valence-electron chi connectivity index (χ2n) is 8.16. The van der Waals surface area contributed by atoms with E-state index in [9.17, 15) is 24.0 Å². The number of pyridine rings is 1. The minimum absolute atomic E-state index is 0.00997. The normalized spacial score (nSPS) is 21.2. The van der Waals surface area contributed by atoms with Gasteiger partial charge in [0.2, 0.25) is 11.8 Å². The molecule has 0 saturated carbocycles. The first-order valence-electron chi connectivity index (χ1n) is 10.6. The highest BCUT2D eigenvalue weighted by molar-refractivity contribution is 6.21. The molecule has 1 unspecified atom stereocenters. The summed E-state index contributed by atoms with van der Waals surface area (Å²) in [6, 6.07) is 8.72. The SMILES string of the molecule is NC(=O)c1ccccc1C(=O)C1(C2CCN(C(=O)c3cccnc3)CC2)CNC(=O)NC1=O. The quantitative estimate of drug-likeness (QED) is 0.452. The number of nitrogens with one attached hydrogen (secondary N) is 2. The molecule has 2 aliphatic rings. The zero-order valence-electron chi connectivity index (χ0n) is 17.7.